The fourth-order valence-corrected chi connectivity index (χ4v) is 1.24. The van der Waals surface area contributed by atoms with E-state index in [0.717, 1.165) is 16.9 Å². The van der Waals surface area contributed by atoms with Gasteiger partial charge in [0, 0.05) is 18.2 Å². The van der Waals surface area contributed by atoms with E-state index >= 15 is 0 Å². The van der Waals surface area contributed by atoms with Gasteiger partial charge in [0.15, 0.2) is 0 Å². The Morgan fingerprint density at radius 2 is 2.31 bits per heavy atom. The molecule has 0 amide bonds. The molecule has 0 aliphatic carbocycles. The molecule has 65 valence electrons. The lowest BCUT2D eigenvalue weighted by Gasteiger charge is -1.99. The lowest BCUT2D eigenvalue weighted by molar-refractivity contribution is 0.582. The fourth-order valence-electron chi connectivity index (χ4n) is 1.24. The highest BCUT2D eigenvalue weighted by atomic mass is 16.3. The minimum absolute atomic E-state index is 0.550. The van der Waals surface area contributed by atoms with Crippen molar-refractivity contribution < 1.29 is 4.42 Å². The molecule has 0 spiro atoms. The van der Waals surface area contributed by atoms with E-state index in [2.05, 4.69) is 6.07 Å². The Balaban J connectivity index is 2.41. The van der Waals surface area contributed by atoms with Gasteiger partial charge in [0.1, 0.15) is 5.76 Å². The topological polar surface area (TPSA) is 39.2 Å². The second-order valence-corrected chi connectivity index (χ2v) is 2.80. The van der Waals surface area contributed by atoms with Crippen molar-refractivity contribution in [2.45, 2.75) is 6.54 Å². The normalized spacial score (nSPS) is 10.2. The minimum Gasteiger partial charge on any atom is -0.464 e. The number of benzene rings is 1. The molecule has 0 aliphatic rings. The predicted molar refractivity (Wildman–Crippen MR) is 50.9 cm³/mol. The third-order valence-corrected chi connectivity index (χ3v) is 1.89. The monoisotopic (exact) mass is 172 g/mol. The van der Waals surface area contributed by atoms with Crippen molar-refractivity contribution in [3.8, 4) is 11.3 Å². The quantitative estimate of drug-likeness (QED) is 0.754. The van der Waals surface area contributed by atoms with E-state index in [1.54, 1.807) is 12.3 Å². The summed E-state index contributed by atoms with van der Waals surface area (Å²) in [6, 6.07) is 12.7. The molecule has 0 aliphatic heterocycles. The standard InChI is InChI=1S/C11H10NO/c12-8-9-3-1-4-10(7-9)11-5-2-6-13-11/h1-4,6-7H,8,12H2. The van der Waals surface area contributed by atoms with Crippen LogP contribution < -0.4 is 5.73 Å². The van der Waals surface area contributed by atoms with Gasteiger partial charge in [-0.05, 0) is 17.7 Å². The van der Waals surface area contributed by atoms with E-state index in [4.69, 9.17) is 10.2 Å². The molecule has 0 saturated carbocycles. The van der Waals surface area contributed by atoms with Gasteiger partial charge >= 0.3 is 0 Å². The summed E-state index contributed by atoms with van der Waals surface area (Å²) >= 11 is 0. The van der Waals surface area contributed by atoms with E-state index in [1.807, 2.05) is 24.3 Å². The van der Waals surface area contributed by atoms with E-state index < -0.39 is 0 Å². The molecule has 1 aromatic heterocycles. The van der Waals surface area contributed by atoms with Crippen molar-refractivity contribution in [2.24, 2.45) is 5.73 Å². The van der Waals surface area contributed by atoms with Crippen LogP contribution in [0.1, 0.15) is 5.56 Å². The van der Waals surface area contributed by atoms with Crippen LogP contribution >= 0.6 is 0 Å². The van der Waals surface area contributed by atoms with Gasteiger partial charge in [-0.1, -0.05) is 18.2 Å². The lowest BCUT2D eigenvalue weighted by atomic mass is 10.1. The Hall–Kier alpha value is -1.54. The summed E-state index contributed by atoms with van der Waals surface area (Å²) in [5.74, 6) is 0.760. The van der Waals surface area contributed by atoms with Crippen LogP contribution in [0.2, 0.25) is 0 Å². The van der Waals surface area contributed by atoms with Crippen molar-refractivity contribution in [3.05, 3.63) is 48.2 Å². The largest absolute Gasteiger partial charge is 0.464 e. The average Bonchev–Trinajstić information content (AvgIpc) is 2.71. The molecule has 2 aromatic rings. The van der Waals surface area contributed by atoms with Crippen LogP contribution in [0.5, 0.6) is 0 Å². The van der Waals surface area contributed by atoms with Crippen LogP contribution in [0.15, 0.2) is 41.0 Å². The molecule has 0 saturated heterocycles. The highest BCUT2D eigenvalue weighted by molar-refractivity contribution is 5.57. The van der Waals surface area contributed by atoms with Gasteiger partial charge in [-0.15, -0.1) is 0 Å². The van der Waals surface area contributed by atoms with Crippen LogP contribution in [-0.2, 0) is 6.54 Å². The van der Waals surface area contributed by atoms with Gasteiger partial charge in [-0.25, -0.2) is 0 Å². The van der Waals surface area contributed by atoms with Crippen molar-refractivity contribution >= 4 is 0 Å². The second kappa shape index (κ2) is 3.46. The molecule has 1 heterocycles. The minimum atomic E-state index is 0.550. The summed E-state index contributed by atoms with van der Waals surface area (Å²) in [6.45, 7) is 0.550. The van der Waals surface area contributed by atoms with Crippen molar-refractivity contribution in [2.75, 3.05) is 0 Å². The molecular formula is C11H10NO. The molecule has 13 heavy (non-hydrogen) atoms. The summed E-state index contributed by atoms with van der Waals surface area (Å²) in [5, 5.41) is 0. The van der Waals surface area contributed by atoms with Crippen molar-refractivity contribution in [1.29, 1.82) is 0 Å². The first-order valence-electron chi connectivity index (χ1n) is 4.15. The maximum atomic E-state index is 5.53. The zero-order chi connectivity index (χ0) is 9.10. The summed E-state index contributed by atoms with van der Waals surface area (Å²) in [5.41, 5.74) is 7.65. The van der Waals surface area contributed by atoms with Gasteiger partial charge in [-0.2, -0.15) is 0 Å². The molecular weight excluding hydrogens is 162 g/mol. The number of hydrogen-bond donors (Lipinski definition) is 1. The van der Waals surface area contributed by atoms with Crippen LogP contribution in [-0.4, -0.2) is 0 Å². The maximum Gasteiger partial charge on any atom is 0.141 e. The van der Waals surface area contributed by atoms with E-state index in [1.165, 1.54) is 0 Å². The second-order valence-electron chi connectivity index (χ2n) is 2.80. The molecule has 0 atom stereocenters. The number of rotatable bonds is 2. The maximum absolute atomic E-state index is 5.53. The fraction of sp³-hybridized carbons (Fsp3) is 0.0909. The van der Waals surface area contributed by atoms with Gasteiger partial charge in [-0.3, -0.25) is 0 Å². The van der Waals surface area contributed by atoms with Crippen LogP contribution in [0.25, 0.3) is 11.3 Å². The smallest absolute Gasteiger partial charge is 0.141 e. The molecule has 2 nitrogen and oxygen atoms in total. The lowest BCUT2D eigenvalue weighted by Crippen LogP contribution is -1.95. The van der Waals surface area contributed by atoms with Crippen LogP contribution in [0.4, 0.5) is 0 Å². The highest BCUT2D eigenvalue weighted by Gasteiger charge is 2.00. The predicted octanol–water partition coefficient (Wildman–Crippen LogP) is 2.21. The number of nitrogens with two attached hydrogens (primary N) is 1. The van der Waals surface area contributed by atoms with Gasteiger partial charge in [0.05, 0.1) is 6.26 Å². The molecule has 1 aromatic carbocycles. The van der Waals surface area contributed by atoms with Gasteiger partial charge in [0.25, 0.3) is 0 Å². The first kappa shape index (κ1) is 8.08. The highest BCUT2D eigenvalue weighted by Crippen LogP contribution is 2.19. The first-order chi connectivity index (χ1) is 6.40. The van der Waals surface area contributed by atoms with E-state index in [0.29, 0.717) is 6.54 Å². The van der Waals surface area contributed by atoms with E-state index in [-0.39, 0.29) is 0 Å². The Morgan fingerprint density at radius 1 is 1.38 bits per heavy atom. The van der Waals surface area contributed by atoms with Gasteiger partial charge < -0.3 is 10.2 Å². The Bertz CT molecular complexity index is 379. The summed E-state index contributed by atoms with van der Waals surface area (Å²) in [6.07, 6.45) is 1.62. The molecule has 0 unspecified atom stereocenters. The molecule has 0 bridgehead atoms. The molecule has 2 rings (SSSR count). The van der Waals surface area contributed by atoms with Crippen LogP contribution in [0.3, 0.4) is 0 Å². The molecule has 1 radical (unpaired) electrons. The SMILES string of the molecule is NCc1cccc(-c2[c]cco2)c1. The van der Waals surface area contributed by atoms with E-state index in [9.17, 15) is 0 Å². The van der Waals surface area contributed by atoms with Crippen LogP contribution in [0, 0.1) is 6.07 Å². The zero-order valence-corrected chi connectivity index (χ0v) is 7.16. The molecule has 2 N–H and O–H groups in total. The Labute approximate surface area is 77.0 Å². The average molecular weight is 172 g/mol. The summed E-state index contributed by atoms with van der Waals surface area (Å²) < 4.78 is 5.22. The number of hydrogen-bond acceptors (Lipinski definition) is 2. The third kappa shape index (κ3) is 1.63. The molecule has 2 heteroatoms. The zero-order valence-electron chi connectivity index (χ0n) is 7.16. The Kier molecular flexibility index (Phi) is 2.15. The molecule has 0 fully saturated rings. The van der Waals surface area contributed by atoms with Crippen molar-refractivity contribution in [3.63, 3.8) is 0 Å². The summed E-state index contributed by atoms with van der Waals surface area (Å²) in [7, 11) is 0. The van der Waals surface area contributed by atoms with Crippen molar-refractivity contribution in [1.82, 2.24) is 0 Å². The Morgan fingerprint density at radius 3 is 3.00 bits per heavy atom. The first-order valence-corrected chi connectivity index (χ1v) is 4.15. The number of furan rings is 1. The van der Waals surface area contributed by atoms with Gasteiger partial charge in [0.2, 0.25) is 0 Å². The third-order valence-electron chi connectivity index (χ3n) is 1.89. The summed E-state index contributed by atoms with van der Waals surface area (Å²) in [4.78, 5) is 0.